The Morgan fingerprint density at radius 3 is 2.43 bits per heavy atom. The van der Waals surface area contributed by atoms with Gasteiger partial charge in [-0.25, -0.2) is 0 Å². The van der Waals surface area contributed by atoms with Crippen LogP contribution in [-0.2, 0) is 9.53 Å². The van der Waals surface area contributed by atoms with Gasteiger partial charge in [0, 0.05) is 0 Å². The molecule has 21 heavy (non-hydrogen) atoms. The third-order valence-corrected chi connectivity index (χ3v) is 3.52. The van der Waals surface area contributed by atoms with Gasteiger partial charge in [-0.15, -0.1) is 0 Å². The van der Waals surface area contributed by atoms with Crippen LogP contribution in [0.2, 0.25) is 5.02 Å². The molecule has 2 aromatic rings. The SMILES string of the molecule is COC(=O)C(COc1ccccc1Cl)c1ccc(C)cc1. The van der Waals surface area contributed by atoms with E-state index in [1.807, 2.05) is 43.3 Å². The third-order valence-electron chi connectivity index (χ3n) is 3.21. The summed E-state index contributed by atoms with van der Waals surface area (Å²) in [5.74, 6) is -0.252. The van der Waals surface area contributed by atoms with E-state index in [4.69, 9.17) is 21.1 Å². The molecule has 0 aliphatic carbocycles. The molecule has 0 saturated heterocycles. The lowest BCUT2D eigenvalue weighted by Gasteiger charge is -2.16. The van der Waals surface area contributed by atoms with E-state index in [2.05, 4.69) is 0 Å². The van der Waals surface area contributed by atoms with Gasteiger partial charge in [-0.3, -0.25) is 4.79 Å². The number of esters is 1. The van der Waals surface area contributed by atoms with Gasteiger partial charge in [0.2, 0.25) is 0 Å². The second-order valence-corrected chi connectivity index (χ2v) is 5.14. The minimum atomic E-state index is -0.480. The maximum absolute atomic E-state index is 12.0. The fourth-order valence-electron chi connectivity index (χ4n) is 1.98. The smallest absolute Gasteiger partial charge is 0.316 e. The molecule has 110 valence electrons. The van der Waals surface area contributed by atoms with Crippen molar-refractivity contribution in [1.29, 1.82) is 0 Å². The highest BCUT2D eigenvalue weighted by atomic mass is 35.5. The van der Waals surface area contributed by atoms with E-state index >= 15 is 0 Å². The highest BCUT2D eigenvalue weighted by Crippen LogP contribution is 2.26. The van der Waals surface area contributed by atoms with Gasteiger partial charge in [0.05, 0.1) is 12.1 Å². The Morgan fingerprint density at radius 2 is 1.81 bits per heavy atom. The van der Waals surface area contributed by atoms with Gasteiger partial charge >= 0.3 is 5.97 Å². The van der Waals surface area contributed by atoms with Crippen LogP contribution >= 0.6 is 11.6 Å². The number of carbonyl (C=O) groups excluding carboxylic acids is 1. The second-order valence-electron chi connectivity index (χ2n) is 4.73. The molecule has 0 heterocycles. The number of hydrogen-bond acceptors (Lipinski definition) is 3. The molecule has 0 fully saturated rings. The average molecular weight is 305 g/mol. The van der Waals surface area contributed by atoms with Crippen LogP contribution in [0, 0.1) is 6.92 Å². The average Bonchev–Trinajstić information content (AvgIpc) is 2.50. The Labute approximate surface area is 129 Å². The van der Waals surface area contributed by atoms with Crippen molar-refractivity contribution in [3.05, 3.63) is 64.7 Å². The fraction of sp³-hybridized carbons (Fsp3) is 0.235. The summed E-state index contributed by atoms with van der Waals surface area (Å²) in [6, 6.07) is 14.9. The second kappa shape index (κ2) is 7.14. The zero-order valence-corrected chi connectivity index (χ0v) is 12.8. The predicted molar refractivity (Wildman–Crippen MR) is 82.9 cm³/mol. The maximum atomic E-state index is 12.0. The first-order valence-electron chi connectivity index (χ1n) is 6.63. The van der Waals surface area contributed by atoms with Crippen molar-refractivity contribution in [2.45, 2.75) is 12.8 Å². The first kappa shape index (κ1) is 15.4. The van der Waals surface area contributed by atoms with E-state index in [9.17, 15) is 4.79 Å². The summed E-state index contributed by atoms with van der Waals surface area (Å²) in [5.41, 5.74) is 1.99. The number of para-hydroxylation sites is 1. The van der Waals surface area contributed by atoms with Crippen LogP contribution in [0.3, 0.4) is 0 Å². The molecule has 0 N–H and O–H groups in total. The van der Waals surface area contributed by atoms with E-state index in [1.165, 1.54) is 7.11 Å². The molecule has 0 aliphatic heterocycles. The lowest BCUT2D eigenvalue weighted by molar-refractivity contribution is -0.143. The van der Waals surface area contributed by atoms with Crippen molar-refractivity contribution in [3.63, 3.8) is 0 Å². The number of carbonyl (C=O) groups is 1. The van der Waals surface area contributed by atoms with Crippen molar-refractivity contribution in [3.8, 4) is 5.75 Å². The normalized spacial score (nSPS) is 11.8. The molecule has 0 aliphatic rings. The predicted octanol–water partition coefficient (Wildman–Crippen LogP) is 3.98. The van der Waals surface area contributed by atoms with E-state index in [1.54, 1.807) is 12.1 Å². The van der Waals surface area contributed by atoms with Crippen LogP contribution in [0.1, 0.15) is 17.0 Å². The van der Waals surface area contributed by atoms with Crippen LogP contribution in [0.25, 0.3) is 0 Å². The highest BCUT2D eigenvalue weighted by Gasteiger charge is 2.22. The van der Waals surface area contributed by atoms with Gasteiger partial charge in [-0.1, -0.05) is 53.6 Å². The minimum absolute atomic E-state index is 0.180. The molecule has 0 radical (unpaired) electrons. The Bertz CT molecular complexity index is 608. The summed E-state index contributed by atoms with van der Waals surface area (Å²) in [7, 11) is 1.37. The molecule has 0 spiro atoms. The summed E-state index contributed by atoms with van der Waals surface area (Å²) < 4.78 is 10.5. The summed E-state index contributed by atoms with van der Waals surface area (Å²) in [5, 5.41) is 0.519. The van der Waals surface area contributed by atoms with Crippen molar-refractivity contribution in [2.24, 2.45) is 0 Å². The van der Waals surface area contributed by atoms with Gasteiger partial charge in [0.1, 0.15) is 18.3 Å². The molecule has 3 nitrogen and oxygen atoms in total. The summed E-state index contributed by atoms with van der Waals surface area (Å²) in [6.07, 6.45) is 0. The number of aryl methyl sites for hydroxylation is 1. The van der Waals surface area contributed by atoms with E-state index in [-0.39, 0.29) is 12.6 Å². The lowest BCUT2D eigenvalue weighted by Crippen LogP contribution is -2.21. The molecule has 0 bridgehead atoms. The maximum Gasteiger partial charge on any atom is 0.316 e. The summed E-state index contributed by atoms with van der Waals surface area (Å²) >= 11 is 6.05. The number of methoxy groups -OCH3 is 1. The molecule has 1 unspecified atom stereocenters. The van der Waals surface area contributed by atoms with E-state index in [0.717, 1.165) is 11.1 Å². The minimum Gasteiger partial charge on any atom is -0.491 e. The standard InChI is InChI=1S/C17H17ClO3/c1-12-7-9-13(10-8-12)14(17(19)20-2)11-21-16-6-4-3-5-15(16)18/h3-10,14H,11H2,1-2H3. The van der Waals surface area contributed by atoms with Crippen molar-refractivity contribution in [1.82, 2.24) is 0 Å². The first-order chi connectivity index (χ1) is 10.1. The fourth-order valence-corrected chi connectivity index (χ4v) is 2.17. The largest absolute Gasteiger partial charge is 0.491 e. The molecule has 1 atom stereocenters. The van der Waals surface area contributed by atoms with E-state index < -0.39 is 5.92 Å². The van der Waals surface area contributed by atoms with Crippen molar-refractivity contribution >= 4 is 17.6 Å². The Hall–Kier alpha value is -2.00. The third kappa shape index (κ3) is 3.99. The van der Waals surface area contributed by atoms with Gasteiger partial charge in [0.25, 0.3) is 0 Å². The van der Waals surface area contributed by atoms with Crippen LogP contribution < -0.4 is 4.74 Å². The van der Waals surface area contributed by atoms with Gasteiger partial charge < -0.3 is 9.47 Å². The molecule has 0 aromatic heterocycles. The van der Waals surface area contributed by atoms with Crippen LogP contribution in [0.4, 0.5) is 0 Å². The molecule has 4 heteroatoms. The lowest BCUT2D eigenvalue weighted by atomic mass is 9.99. The number of rotatable bonds is 5. The summed E-state index contributed by atoms with van der Waals surface area (Å²) in [4.78, 5) is 12.0. The molecular formula is C17H17ClO3. The van der Waals surface area contributed by atoms with Crippen molar-refractivity contribution in [2.75, 3.05) is 13.7 Å². The summed E-state index contributed by atoms with van der Waals surface area (Å²) in [6.45, 7) is 2.18. The topological polar surface area (TPSA) is 35.5 Å². The molecule has 0 saturated carbocycles. The first-order valence-corrected chi connectivity index (χ1v) is 7.01. The molecule has 2 rings (SSSR count). The van der Waals surface area contributed by atoms with E-state index in [0.29, 0.717) is 10.8 Å². The van der Waals surface area contributed by atoms with Gasteiger partial charge in [-0.2, -0.15) is 0 Å². The molecular weight excluding hydrogens is 288 g/mol. The van der Waals surface area contributed by atoms with Crippen molar-refractivity contribution < 1.29 is 14.3 Å². The molecule has 2 aromatic carbocycles. The number of hydrogen-bond donors (Lipinski definition) is 0. The van der Waals surface area contributed by atoms with Gasteiger partial charge in [-0.05, 0) is 24.6 Å². The Morgan fingerprint density at radius 1 is 1.14 bits per heavy atom. The zero-order chi connectivity index (χ0) is 15.2. The van der Waals surface area contributed by atoms with Crippen LogP contribution in [0.5, 0.6) is 5.75 Å². The van der Waals surface area contributed by atoms with Crippen LogP contribution in [-0.4, -0.2) is 19.7 Å². The van der Waals surface area contributed by atoms with Gasteiger partial charge in [0.15, 0.2) is 0 Å². The molecule has 0 amide bonds. The number of benzene rings is 2. The Kier molecular flexibility index (Phi) is 5.23. The number of halogens is 1. The highest BCUT2D eigenvalue weighted by molar-refractivity contribution is 6.32. The Balaban J connectivity index is 2.16. The van der Waals surface area contributed by atoms with Crippen LogP contribution in [0.15, 0.2) is 48.5 Å². The number of ether oxygens (including phenoxy) is 2. The zero-order valence-electron chi connectivity index (χ0n) is 12.0. The quantitative estimate of drug-likeness (QED) is 0.784. The monoisotopic (exact) mass is 304 g/mol.